The van der Waals surface area contributed by atoms with Gasteiger partial charge in [0.1, 0.15) is 17.2 Å². The fraction of sp³-hybridized carbons (Fsp3) is 0.360. The molecule has 7 nitrogen and oxygen atoms in total. The minimum atomic E-state index is -0.342. The van der Waals surface area contributed by atoms with Crippen LogP contribution in [0.25, 0.3) is 5.57 Å². The van der Waals surface area contributed by atoms with Crippen molar-refractivity contribution in [2.75, 3.05) is 31.7 Å². The number of anilines is 1. The molecule has 0 radical (unpaired) electrons. The molecule has 2 heterocycles. The Morgan fingerprint density at radius 1 is 0.906 bits per heavy atom. The lowest BCUT2D eigenvalue weighted by Crippen LogP contribution is -2.47. The van der Waals surface area contributed by atoms with Crippen LogP contribution in [0.15, 0.2) is 54.2 Å². The lowest BCUT2D eigenvalue weighted by Gasteiger charge is -2.37. The summed E-state index contributed by atoms with van der Waals surface area (Å²) in [6.45, 7) is 7.47. The molecule has 7 heteroatoms. The number of hydrogen-bond acceptors (Lipinski definition) is 6. The molecule has 2 atom stereocenters. The summed E-state index contributed by atoms with van der Waals surface area (Å²) in [5.74, 6) is 0.705. The Labute approximate surface area is 188 Å². The molecule has 2 aromatic carbocycles. The highest BCUT2D eigenvalue weighted by atomic mass is 16.5. The number of methoxy groups -OCH3 is 1. The van der Waals surface area contributed by atoms with E-state index >= 15 is 0 Å². The zero-order valence-electron chi connectivity index (χ0n) is 18.8. The Hall–Kier alpha value is -3.32. The van der Waals surface area contributed by atoms with Crippen LogP contribution in [0.4, 0.5) is 5.69 Å². The Morgan fingerprint density at radius 2 is 1.50 bits per heavy atom. The average Bonchev–Trinajstić information content (AvgIpc) is 3.04. The number of imide groups is 1. The van der Waals surface area contributed by atoms with Crippen molar-refractivity contribution in [3.05, 3.63) is 59.8 Å². The maximum atomic E-state index is 13.7. The topological polar surface area (TPSA) is 68.3 Å². The van der Waals surface area contributed by atoms with Gasteiger partial charge >= 0.3 is 0 Å². The van der Waals surface area contributed by atoms with E-state index in [1.807, 2.05) is 37.8 Å². The van der Waals surface area contributed by atoms with Crippen molar-refractivity contribution in [1.82, 2.24) is 4.90 Å². The van der Waals surface area contributed by atoms with Crippen molar-refractivity contribution in [1.29, 1.82) is 0 Å². The highest BCUT2D eigenvalue weighted by Gasteiger charge is 2.43. The maximum Gasteiger partial charge on any atom is 0.282 e. The molecule has 2 aliphatic rings. The third-order valence-electron chi connectivity index (χ3n) is 5.58. The molecule has 2 aliphatic heterocycles. The molecule has 0 aliphatic carbocycles. The summed E-state index contributed by atoms with van der Waals surface area (Å²) in [6.07, 6.45) is -0.100. The van der Waals surface area contributed by atoms with Gasteiger partial charge in [-0.25, -0.2) is 4.90 Å². The van der Waals surface area contributed by atoms with E-state index in [9.17, 15) is 9.59 Å². The van der Waals surface area contributed by atoms with Crippen molar-refractivity contribution in [3.63, 3.8) is 0 Å². The Morgan fingerprint density at radius 3 is 2.06 bits per heavy atom. The molecule has 0 aromatic heterocycles. The lowest BCUT2D eigenvalue weighted by molar-refractivity contribution is -0.121. The highest BCUT2D eigenvalue weighted by molar-refractivity contribution is 6.45. The number of carbonyl (C=O) groups is 2. The van der Waals surface area contributed by atoms with Crippen LogP contribution in [-0.2, 0) is 14.3 Å². The number of rotatable bonds is 6. The highest BCUT2D eigenvalue weighted by Crippen LogP contribution is 2.36. The lowest BCUT2D eigenvalue weighted by atomic mass is 10.0. The SMILES string of the molecule is CCOc1ccc(N2C(=O)C(c3ccc(OC)cc3)=C(N3CC(C)OC(C)C3)C2=O)cc1. The summed E-state index contributed by atoms with van der Waals surface area (Å²) < 4.78 is 16.6. The summed E-state index contributed by atoms with van der Waals surface area (Å²) in [5, 5.41) is 0. The molecule has 1 fully saturated rings. The standard InChI is InChI=1S/C25H28N2O5/c1-5-31-21-12-8-19(9-13-21)27-24(28)22(18-6-10-20(30-4)11-7-18)23(25(27)29)26-14-16(2)32-17(3)15-26/h6-13,16-17H,5,14-15H2,1-4H3. The summed E-state index contributed by atoms with van der Waals surface area (Å²) in [5.41, 5.74) is 2.00. The zero-order chi connectivity index (χ0) is 22.8. The Balaban J connectivity index is 1.77. The molecule has 4 rings (SSSR count). The van der Waals surface area contributed by atoms with Crippen LogP contribution in [0, 0.1) is 0 Å². The number of amides is 2. The predicted molar refractivity (Wildman–Crippen MR) is 122 cm³/mol. The number of morpholine rings is 1. The third kappa shape index (κ3) is 4.08. The largest absolute Gasteiger partial charge is 0.497 e. The van der Waals surface area contributed by atoms with E-state index in [2.05, 4.69) is 0 Å². The van der Waals surface area contributed by atoms with Crippen LogP contribution in [0.5, 0.6) is 11.5 Å². The molecule has 2 aromatic rings. The van der Waals surface area contributed by atoms with E-state index in [4.69, 9.17) is 14.2 Å². The number of ether oxygens (including phenoxy) is 3. The first-order valence-electron chi connectivity index (χ1n) is 10.8. The quantitative estimate of drug-likeness (QED) is 0.646. The summed E-state index contributed by atoms with van der Waals surface area (Å²) in [4.78, 5) is 30.5. The van der Waals surface area contributed by atoms with E-state index in [0.29, 0.717) is 53.7 Å². The number of hydrogen-bond donors (Lipinski definition) is 0. The molecule has 0 saturated carbocycles. The molecule has 1 saturated heterocycles. The van der Waals surface area contributed by atoms with Gasteiger partial charge in [-0.05, 0) is 62.7 Å². The average molecular weight is 437 g/mol. The predicted octanol–water partition coefficient (Wildman–Crippen LogP) is 3.49. The molecular weight excluding hydrogens is 408 g/mol. The minimum absolute atomic E-state index is 0.0502. The van der Waals surface area contributed by atoms with Gasteiger partial charge in [0.25, 0.3) is 11.8 Å². The number of benzene rings is 2. The minimum Gasteiger partial charge on any atom is -0.497 e. The van der Waals surface area contributed by atoms with E-state index in [1.54, 1.807) is 43.5 Å². The van der Waals surface area contributed by atoms with Gasteiger partial charge in [-0.1, -0.05) is 12.1 Å². The van der Waals surface area contributed by atoms with Gasteiger partial charge in [0.2, 0.25) is 0 Å². The van der Waals surface area contributed by atoms with Crippen LogP contribution in [-0.4, -0.2) is 55.7 Å². The summed E-state index contributed by atoms with van der Waals surface area (Å²) >= 11 is 0. The van der Waals surface area contributed by atoms with Gasteiger partial charge < -0.3 is 19.1 Å². The molecule has 2 unspecified atom stereocenters. The second-order valence-corrected chi connectivity index (χ2v) is 7.99. The van der Waals surface area contributed by atoms with Crippen molar-refractivity contribution in [2.45, 2.75) is 33.0 Å². The van der Waals surface area contributed by atoms with Crippen molar-refractivity contribution in [2.24, 2.45) is 0 Å². The van der Waals surface area contributed by atoms with E-state index in [1.165, 1.54) is 4.90 Å². The normalized spacial score (nSPS) is 21.4. The van der Waals surface area contributed by atoms with E-state index in [-0.39, 0.29) is 24.0 Å². The number of nitrogens with zero attached hydrogens (tertiary/aromatic N) is 2. The first-order chi connectivity index (χ1) is 15.4. The van der Waals surface area contributed by atoms with Crippen LogP contribution in [0.2, 0.25) is 0 Å². The summed E-state index contributed by atoms with van der Waals surface area (Å²) in [7, 11) is 1.59. The van der Waals surface area contributed by atoms with Crippen LogP contribution >= 0.6 is 0 Å². The molecule has 2 amide bonds. The smallest absolute Gasteiger partial charge is 0.282 e. The molecule has 0 spiro atoms. The van der Waals surface area contributed by atoms with Gasteiger partial charge in [-0.3, -0.25) is 9.59 Å². The van der Waals surface area contributed by atoms with Gasteiger partial charge in [0.05, 0.1) is 37.2 Å². The first kappa shape index (κ1) is 21.9. The fourth-order valence-corrected chi connectivity index (χ4v) is 4.28. The van der Waals surface area contributed by atoms with Gasteiger partial charge in [-0.15, -0.1) is 0 Å². The molecule has 0 N–H and O–H groups in total. The van der Waals surface area contributed by atoms with Gasteiger partial charge in [0, 0.05) is 13.1 Å². The van der Waals surface area contributed by atoms with Crippen LogP contribution < -0.4 is 14.4 Å². The third-order valence-corrected chi connectivity index (χ3v) is 5.58. The Bertz CT molecular complexity index is 1020. The van der Waals surface area contributed by atoms with Gasteiger partial charge in [0.15, 0.2) is 0 Å². The van der Waals surface area contributed by atoms with Crippen molar-refractivity contribution < 1.29 is 23.8 Å². The fourth-order valence-electron chi connectivity index (χ4n) is 4.28. The molecule has 168 valence electrons. The molecular formula is C25H28N2O5. The molecule has 0 bridgehead atoms. The van der Waals surface area contributed by atoms with Crippen molar-refractivity contribution >= 4 is 23.1 Å². The monoisotopic (exact) mass is 436 g/mol. The Kier molecular flexibility index (Phi) is 6.19. The van der Waals surface area contributed by atoms with E-state index in [0.717, 1.165) is 0 Å². The van der Waals surface area contributed by atoms with Crippen LogP contribution in [0.3, 0.4) is 0 Å². The van der Waals surface area contributed by atoms with E-state index < -0.39 is 0 Å². The second-order valence-electron chi connectivity index (χ2n) is 7.99. The van der Waals surface area contributed by atoms with Crippen LogP contribution in [0.1, 0.15) is 26.3 Å². The summed E-state index contributed by atoms with van der Waals surface area (Å²) in [6, 6.07) is 14.2. The molecule has 32 heavy (non-hydrogen) atoms. The first-order valence-corrected chi connectivity index (χ1v) is 10.8. The zero-order valence-corrected chi connectivity index (χ0v) is 18.8. The maximum absolute atomic E-state index is 13.7. The second kappa shape index (κ2) is 9.04. The van der Waals surface area contributed by atoms with Gasteiger partial charge in [-0.2, -0.15) is 0 Å². The number of carbonyl (C=O) groups excluding carboxylic acids is 2. The van der Waals surface area contributed by atoms with Crippen molar-refractivity contribution in [3.8, 4) is 11.5 Å².